The standard InChI is InChI=1S/C16H20F3N4O4S/c1-3-22(15(24)6-8-28(26,27)11-16(17,18)19)14-10-23(20-12(14)2)13-5-4-7-21(25)9-13/h4-5,7,9-10,25H,3,6,8,11H2,1-2H3/q+1. The van der Waals surface area contributed by atoms with Gasteiger partial charge in [0.15, 0.2) is 9.84 Å². The molecule has 12 heteroatoms. The Balaban J connectivity index is 2.18. The lowest BCUT2D eigenvalue weighted by molar-refractivity contribution is -0.904. The van der Waals surface area contributed by atoms with Gasteiger partial charge in [0.1, 0.15) is 11.4 Å². The second kappa shape index (κ2) is 8.17. The molecular formula is C16H20F3N4O4S+. The molecule has 1 N–H and O–H groups in total. The molecule has 0 spiro atoms. The normalized spacial score (nSPS) is 12.2. The van der Waals surface area contributed by atoms with Gasteiger partial charge in [-0.3, -0.25) is 10.0 Å². The van der Waals surface area contributed by atoms with Gasteiger partial charge < -0.3 is 4.90 Å². The van der Waals surface area contributed by atoms with Crippen LogP contribution in [0, 0.1) is 6.92 Å². The van der Waals surface area contributed by atoms with Gasteiger partial charge in [-0.1, -0.05) is 0 Å². The van der Waals surface area contributed by atoms with E-state index in [0.29, 0.717) is 17.1 Å². The predicted octanol–water partition coefficient (Wildman–Crippen LogP) is 1.43. The average molecular weight is 421 g/mol. The first-order valence-corrected chi connectivity index (χ1v) is 10.1. The summed E-state index contributed by atoms with van der Waals surface area (Å²) in [7, 11) is -4.43. The fraction of sp³-hybridized carbons (Fsp3) is 0.438. The van der Waals surface area contributed by atoms with E-state index in [0.717, 1.165) is 4.73 Å². The first-order valence-electron chi connectivity index (χ1n) is 8.26. The Morgan fingerprint density at radius 1 is 1.39 bits per heavy atom. The number of anilines is 1. The van der Waals surface area contributed by atoms with Crippen LogP contribution >= 0.6 is 0 Å². The number of halogens is 3. The minimum atomic E-state index is -4.84. The molecule has 2 rings (SSSR count). The van der Waals surface area contributed by atoms with E-state index in [9.17, 15) is 31.6 Å². The Morgan fingerprint density at radius 2 is 2.07 bits per heavy atom. The van der Waals surface area contributed by atoms with Gasteiger partial charge in [-0.15, -0.1) is 0 Å². The van der Waals surface area contributed by atoms with Crippen LogP contribution in [-0.4, -0.2) is 53.5 Å². The number of nitrogens with zero attached hydrogens (tertiary/aromatic N) is 4. The van der Waals surface area contributed by atoms with E-state index in [4.69, 9.17) is 0 Å². The van der Waals surface area contributed by atoms with Crippen LogP contribution in [0.25, 0.3) is 5.69 Å². The maximum atomic E-state index is 12.4. The van der Waals surface area contributed by atoms with E-state index in [1.807, 2.05) is 0 Å². The van der Waals surface area contributed by atoms with Gasteiger partial charge >= 0.3 is 6.18 Å². The molecule has 2 heterocycles. The van der Waals surface area contributed by atoms with Gasteiger partial charge in [0.25, 0.3) is 0 Å². The molecule has 2 aromatic heterocycles. The number of hydrogen-bond donors (Lipinski definition) is 1. The van der Waals surface area contributed by atoms with Crippen LogP contribution in [0.4, 0.5) is 18.9 Å². The highest BCUT2D eigenvalue weighted by molar-refractivity contribution is 7.91. The Hall–Kier alpha value is -2.63. The Bertz CT molecular complexity index is 957. The number of carbonyl (C=O) groups excluding carboxylic acids is 1. The summed E-state index contributed by atoms with van der Waals surface area (Å²) in [5.41, 5.74) is 1.37. The van der Waals surface area contributed by atoms with Crippen LogP contribution in [0.3, 0.4) is 0 Å². The quantitative estimate of drug-likeness (QED) is 0.539. The molecule has 0 aliphatic carbocycles. The number of amides is 1. The molecular weight excluding hydrogens is 401 g/mol. The van der Waals surface area contributed by atoms with Crippen molar-refractivity contribution in [3.05, 3.63) is 36.4 Å². The molecule has 0 aliphatic rings. The summed E-state index contributed by atoms with van der Waals surface area (Å²) in [5, 5.41) is 13.8. The summed E-state index contributed by atoms with van der Waals surface area (Å²) < 4.78 is 62.3. The zero-order valence-electron chi connectivity index (χ0n) is 15.2. The van der Waals surface area contributed by atoms with Crippen molar-refractivity contribution >= 4 is 21.4 Å². The highest BCUT2D eigenvalue weighted by Crippen LogP contribution is 2.22. The second-order valence-electron chi connectivity index (χ2n) is 6.08. The van der Waals surface area contributed by atoms with Crippen molar-refractivity contribution in [3.63, 3.8) is 0 Å². The summed E-state index contributed by atoms with van der Waals surface area (Å²) in [6.45, 7) is 3.47. The average Bonchev–Trinajstić information content (AvgIpc) is 2.93. The lowest BCUT2D eigenvalue weighted by Crippen LogP contribution is -2.33. The van der Waals surface area contributed by atoms with Crippen LogP contribution < -0.4 is 9.63 Å². The van der Waals surface area contributed by atoms with Gasteiger partial charge in [-0.05, 0) is 19.9 Å². The summed E-state index contributed by atoms with van der Waals surface area (Å²) in [5.74, 6) is -3.47. The molecule has 0 bridgehead atoms. The van der Waals surface area contributed by atoms with Gasteiger partial charge in [0.2, 0.25) is 18.3 Å². The maximum Gasteiger partial charge on any atom is 0.402 e. The number of pyridine rings is 1. The lowest BCUT2D eigenvalue weighted by atomic mass is 10.3. The molecule has 8 nitrogen and oxygen atoms in total. The van der Waals surface area contributed by atoms with Gasteiger partial charge in [0.05, 0.1) is 23.3 Å². The number of aromatic nitrogens is 3. The number of hydrogen-bond acceptors (Lipinski definition) is 5. The van der Waals surface area contributed by atoms with E-state index in [2.05, 4.69) is 5.10 Å². The number of carbonyl (C=O) groups is 1. The van der Waals surface area contributed by atoms with Gasteiger partial charge in [0, 0.05) is 23.8 Å². The molecule has 0 saturated carbocycles. The van der Waals surface area contributed by atoms with Crippen LogP contribution in [0.15, 0.2) is 30.7 Å². The van der Waals surface area contributed by atoms with Crippen LogP contribution in [0.2, 0.25) is 0 Å². The summed E-state index contributed by atoms with van der Waals surface area (Å²) in [6, 6.07) is 3.25. The molecule has 0 aliphatic heterocycles. The smallest absolute Gasteiger partial charge is 0.310 e. The van der Waals surface area contributed by atoms with Gasteiger partial charge in [-0.25, -0.2) is 13.1 Å². The van der Waals surface area contributed by atoms with Crippen LogP contribution in [-0.2, 0) is 14.6 Å². The van der Waals surface area contributed by atoms with Crippen molar-refractivity contribution in [2.45, 2.75) is 26.4 Å². The molecule has 0 unspecified atom stereocenters. The Morgan fingerprint density at radius 3 is 2.64 bits per heavy atom. The fourth-order valence-electron chi connectivity index (χ4n) is 2.62. The van der Waals surface area contributed by atoms with Crippen molar-refractivity contribution in [2.75, 3.05) is 23.0 Å². The molecule has 0 saturated heterocycles. The van der Waals surface area contributed by atoms with Crippen molar-refractivity contribution in [3.8, 4) is 5.69 Å². The lowest BCUT2D eigenvalue weighted by Gasteiger charge is -2.20. The molecule has 0 radical (unpaired) electrons. The highest BCUT2D eigenvalue weighted by atomic mass is 32.2. The molecule has 0 fully saturated rings. The number of aryl methyl sites for hydroxylation is 1. The monoisotopic (exact) mass is 421 g/mol. The number of rotatable bonds is 7. The summed E-state index contributed by atoms with van der Waals surface area (Å²) in [4.78, 5) is 13.7. The summed E-state index contributed by atoms with van der Waals surface area (Å²) in [6.07, 6.45) is -1.10. The SMILES string of the molecule is CCN(C(=O)CCS(=O)(=O)CC(F)(F)F)c1cn(-c2ccc[n+](O)c2)nc1C. The molecule has 28 heavy (non-hydrogen) atoms. The van der Waals surface area contributed by atoms with E-state index < -0.39 is 39.8 Å². The minimum Gasteiger partial charge on any atom is -0.310 e. The van der Waals surface area contributed by atoms with E-state index >= 15 is 0 Å². The topological polar surface area (TPSA) is 96.4 Å². The number of alkyl halides is 3. The molecule has 1 amide bonds. The Kier molecular flexibility index (Phi) is 6.32. The van der Waals surface area contributed by atoms with Crippen LogP contribution in [0.1, 0.15) is 19.0 Å². The van der Waals surface area contributed by atoms with Crippen molar-refractivity contribution in [1.29, 1.82) is 0 Å². The molecule has 2 aromatic rings. The van der Waals surface area contributed by atoms with E-state index in [-0.39, 0.29) is 6.54 Å². The maximum absolute atomic E-state index is 12.4. The zero-order chi connectivity index (χ0) is 21.1. The van der Waals surface area contributed by atoms with Crippen molar-refractivity contribution < 1.29 is 36.3 Å². The largest absolute Gasteiger partial charge is 0.402 e. The zero-order valence-corrected chi connectivity index (χ0v) is 16.0. The molecule has 0 aromatic carbocycles. The first-order chi connectivity index (χ1) is 12.9. The predicted molar refractivity (Wildman–Crippen MR) is 93.0 cm³/mol. The van der Waals surface area contributed by atoms with E-state index in [1.54, 1.807) is 26.0 Å². The van der Waals surface area contributed by atoms with Crippen LogP contribution in [0.5, 0.6) is 0 Å². The highest BCUT2D eigenvalue weighted by Gasteiger charge is 2.35. The van der Waals surface area contributed by atoms with Gasteiger partial charge in [-0.2, -0.15) is 18.3 Å². The third-order valence-corrected chi connectivity index (χ3v) is 5.42. The molecule has 154 valence electrons. The number of sulfone groups is 1. The Labute approximate surface area is 159 Å². The third-order valence-electron chi connectivity index (χ3n) is 3.83. The third kappa shape index (κ3) is 5.68. The first kappa shape index (κ1) is 21.7. The van der Waals surface area contributed by atoms with E-state index in [1.165, 1.54) is 28.2 Å². The second-order valence-corrected chi connectivity index (χ2v) is 8.27. The van der Waals surface area contributed by atoms with Crippen molar-refractivity contribution in [1.82, 2.24) is 9.78 Å². The minimum absolute atomic E-state index is 0.180. The fourth-order valence-corrected chi connectivity index (χ4v) is 3.74. The molecule has 0 atom stereocenters. The van der Waals surface area contributed by atoms with Crippen molar-refractivity contribution in [2.24, 2.45) is 0 Å². The summed E-state index contributed by atoms with van der Waals surface area (Å²) >= 11 is 0.